The first-order valence-corrected chi connectivity index (χ1v) is 5.51. The number of rotatable bonds is 1. The smallest absolute Gasteiger partial charge is 0.320 e. The lowest BCUT2D eigenvalue weighted by Gasteiger charge is -2.28. The summed E-state index contributed by atoms with van der Waals surface area (Å²) in [4.78, 5) is 15.8. The molecule has 0 aromatic heterocycles. The lowest BCUT2D eigenvalue weighted by Crippen LogP contribution is -2.45. The maximum atomic E-state index is 12.0. The second-order valence-electron chi connectivity index (χ2n) is 4.23. The number of likely N-dealkylation sites (tertiary alicyclic amines) is 1. The van der Waals surface area contributed by atoms with Crippen LogP contribution < -0.4 is 5.32 Å². The van der Waals surface area contributed by atoms with E-state index in [1.165, 1.54) is 12.8 Å². The minimum Gasteiger partial charge on any atom is -0.325 e. The van der Waals surface area contributed by atoms with E-state index in [4.69, 9.17) is 0 Å². The molecule has 88 valence electrons. The van der Waals surface area contributed by atoms with Gasteiger partial charge in [0.15, 0.2) is 0 Å². The first kappa shape index (κ1) is 12.6. The Morgan fingerprint density at radius 1 is 1.40 bits per heavy atom. The molecule has 4 nitrogen and oxygen atoms in total. The van der Waals surface area contributed by atoms with Crippen molar-refractivity contribution in [2.24, 2.45) is 0 Å². The highest BCUT2D eigenvalue weighted by atomic mass is 35.5. The van der Waals surface area contributed by atoms with Crippen molar-refractivity contribution in [1.82, 2.24) is 15.1 Å². The maximum Gasteiger partial charge on any atom is 0.320 e. The van der Waals surface area contributed by atoms with Gasteiger partial charge in [-0.2, -0.15) is 0 Å². The normalized spacial score (nSPS) is 25.1. The number of halogens is 1. The molecule has 2 saturated heterocycles. The highest BCUT2D eigenvalue weighted by molar-refractivity contribution is 5.85. The summed E-state index contributed by atoms with van der Waals surface area (Å²) in [6.07, 6.45) is 3.43. The van der Waals surface area contributed by atoms with Crippen LogP contribution in [0, 0.1) is 0 Å². The van der Waals surface area contributed by atoms with E-state index in [1.54, 1.807) is 0 Å². The summed E-state index contributed by atoms with van der Waals surface area (Å²) >= 11 is 0. The molecule has 0 aromatic carbocycles. The molecule has 2 rings (SSSR count). The van der Waals surface area contributed by atoms with Gasteiger partial charge in [0.1, 0.15) is 0 Å². The molecule has 0 bridgehead atoms. The second kappa shape index (κ2) is 5.56. The fourth-order valence-electron chi connectivity index (χ4n) is 2.26. The van der Waals surface area contributed by atoms with Gasteiger partial charge >= 0.3 is 6.03 Å². The first-order valence-electron chi connectivity index (χ1n) is 5.51. The lowest BCUT2D eigenvalue weighted by molar-refractivity contribution is 0.159. The van der Waals surface area contributed by atoms with E-state index in [0.29, 0.717) is 6.04 Å². The molecule has 1 unspecified atom stereocenters. The SMILES string of the molecule is CN(C(=O)N1CCCC1)C1CCNC1.Cl. The Balaban J connectivity index is 0.00000112. The van der Waals surface area contributed by atoms with Crippen LogP contribution in [0.15, 0.2) is 0 Å². The van der Waals surface area contributed by atoms with Crippen LogP contribution in [0.25, 0.3) is 0 Å². The molecule has 1 atom stereocenters. The lowest BCUT2D eigenvalue weighted by atomic mass is 10.2. The summed E-state index contributed by atoms with van der Waals surface area (Å²) in [6.45, 7) is 3.89. The number of carbonyl (C=O) groups is 1. The molecule has 0 radical (unpaired) electrons. The van der Waals surface area contributed by atoms with E-state index in [2.05, 4.69) is 5.32 Å². The third-order valence-electron chi connectivity index (χ3n) is 3.26. The van der Waals surface area contributed by atoms with Gasteiger partial charge in [-0.1, -0.05) is 0 Å². The zero-order valence-corrected chi connectivity index (χ0v) is 10.1. The van der Waals surface area contributed by atoms with Gasteiger partial charge in [-0.3, -0.25) is 0 Å². The minimum absolute atomic E-state index is 0. The number of nitrogens with one attached hydrogen (secondary N) is 1. The molecular weight excluding hydrogens is 214 g/mol. The predicted molar refractivity (Wildman–Crippen MR) is 62.5 cm³/mol. The van der Waals surface area contributed by atoms with Crippen LogP contribution in [0.3, 0.4) is 0 Å². The first-order chi connectivity index (χ1) is 6.79. The van der Waals surface area contributed by atoms with Crippen LogP contribution in [-0.4, -0.2) is 55.1 Å². The van der Waals surface area contributed by atoms with Gasteiger partial charge in [0, 0.05) is 32.7 Å². The van der Waals surface area contributed by atoms with E-state index < -0.39 is 0 Å². The van der Waals surface area contributed by atoms with Crippen LogP contribution in [0.5, 0.6) is 0 Å². The van der Waals surface area contributed by atoms with Gasteiger partial charge in [-0.15, -0.1) is 12.4 Å². The van der Waals surface area contributed by atoms with E-state index in [1.807, 2.05) is 16.8 Å². The van der Waals surface area contributed by atoms with Crippen LogP contribution >= 0.6 is 12.4 Å². The topological polar surface area (TPSA) is 35.6 Å². The Bertz CT molecular complexity index is 213. The zero-order chi connectivity index (χ0) is 9.97. The molecule has 1 N–H and O–H groups in total. The van der Waals surface area contributed by atoms with Crippen molar-refractivity contribution in [2.75, 3.05) is 33.2 Å². The summed E-state index contributed by atoms with van der Waals surface area (Å²) < 4.78 is 0. The standard InChI is InChI=1S/C10H19N3O.ClH/c1-12(9-4-5-11-8-9)10(14)13-6-2-3-7-13;/h9,11H,2-8H2,1H3;1H. The molecule has 5 heteroatoms. The van der Waals surface area contributed by atoms with Crippen molar-refractivity contribution in [1.29, 1.82) is 0 Å². The summed E-state index contributed by atoms with van der Waals surface area (Å²) in [5, 5.41) is 3.29. The van der Waals surface area contributed by atoms with Gasteiger partial charge in [-0.25, -0.2) is 4.79 Å². The average molecular weight is 234 g/mol. The fourth-order valence-corrected chi connectivity index (χ4v) is 2.26. The summed E-state index contributed by atoms with van der Waals surface area (Å²) in [5.41, 5.74) is 0. The minimum atomic E-state index is 0. The summed E-state index contributed by atoms with van der Waals surface area (Å²) in [7, 11) is 1.93. The average Bonchev–Trinajstić information content (AvgIpc) is 2.87. The summed E-state index contributed by atoms with van der Waals surface area (Å²) in [6, 6.07) is 0.624. The third-order valence-corrected chi connectivity index (χ3v) is 3.26. The molecule has 2 aliphatic heterocycles. The predicted octanol–water partition coefficient (Wildman–Crippen LogP) is 0.918. The van der Waals surface area contributed by atoms with Gasteiger partial charge in [-0.05, 0) is 25.8 Å². The van der Waals surface area contributed by atoms with Gasteiger partial charge in [0.25, 0.3) is 0 Å². The van der Waals surface area contributed by atoms with E-state index >= 15 is 0 Å². The van der Waals surface area contributed by atoms with E-state index in [9.17, 15) is 4.79 Å². The largest absolute Gasteiger partial charge is 0.325 e. The molecule has 2 aliphatic rings. The highest BCUT2D eigenvalue weighted by Crippen LogP contribution is 2.13. The number of carbonyl (C=O) groups excluding carboxylic acids is 1. The fraction of sp³-hybridized carbons (Fsp3) is 0.900. The molecular formula is C10H20ClN3O. The van der Waals surface area contributed by atoms with Crippen molar-refractivity contribution < 1.29 is 4.79 Å². The highest BCUT2D eigenvalue weighted by Gasteiger charge is 2.27. The molecule has 0 aliphatic carbocycles. The van der Waals surface area contributed by atoms with Crippen molar-refractivity contribution in [3.63, 3.8) is 0 Å². The van der Waals surface area contributed by atoms with Crippen molar-refractivity contribution >= 4 is 18.4 Å². The number of likely N-dealkylation sites (N-methyl/N-ethyl adjacent to an activating group) is 1. The van der Waals surface area contributed by atoms with Crippen molar-refractivity contribution in [2.45, 2.75) is 25.3 Å². The summed E-state index contributed by atoms with van der Waals surface area (Å²) in [5.74, 6) is 0. The molecule has 2 fully saturated rings. The number of urea groups is 1. The Hall–Kier alpha value is -0.480. The monoisotopic (exact) mass is 233 g/mol. The van der Waals surface area contributed by atoms with Gasteiger partial charge in [0.2, 0.25) is 0 Å². The Morgan fingerprint density at radius 2 is 2.07 bits per heavy atom. The molecule has 2 heterocycles. The molecule has 0 aromatic rings. The number of hydrogen-bond donors (Lipinski definition) is 1. The van der Waals surface area contributed by atoms with E-state index in [-0.39, 0.29) is 18.4 Å². The molecule has 0 spiro atoms. The third kappa shape index (κ3) is 2.75. The Morgan fingerprint density at radius 3 is 2.60 bits per heavy atom. The quantitative estimate of drug-likeness (QED) is 0.731. The van der Waals surface area contributed by atoms with Crippen LogP contribution in [0.1, 0.15) is 19.3 Å². The maximum absolute atomic E-state index is 12.0. The van der Waals surface area contributed by atoms with Gasteiger partial charge in [0.05, 0.1) is 0 Å². The van der Waals surface area contributed by atoms with Crippen LogP contribution in [0.2, 0.25) is 0 Å². The van der Waals surface area contributed by atoms with Crippen molar-refractivity contribution in [3.05, 3.63) is 0 Å². The Labute approximate surface area is 97.4 Å². The number of amides is 2. The van der Waals surface area contributed by atoms with Crippen LogP contribution in [0.4, 0.5) is 4.79 Å². The zero-order valence-electron chi connectivity index (χ0n) is 9.24. The molecule has 0 saturated carbocycles. The Kier molecular flexibility index (Phi) is 4.67. The van der Waals surface area contributed by atoms with E-state index in [0.717, 1.165) is 32.6 Å². The second-order valence-corrected chi connectivity index (χ2v) is 4.23. The number of hydrogen-bond acceptors (Lipinski definition) is 2. The van der Waals surface area contributed by atoms with Gasteiger partial charge < -0.3 is 15.1 Å². The number of nitrogens with zero attached hydrogens (tertiary/aromatic N) is 2. The van der Waals surface area contributed by atoms with Crippen LogP contribution in [-0.2, 0) is 0 Å². The van der Waals surface area contributed by atoms with Crippen molar-refractivity contribution in [3.8, 4) is 0 Å². The molecule has 2 amide bonds. The molecule has 15 heavy (non-hydrogen) atoms.